The summed E-state index contributed by atoms with van der Waals surface area (Å²) in [6.07, 6.45) is 1.43. The van der Waals surface area contributed by atoms with Crippen molar-refractivity contribution in [3.8, 4) is 0 Å². The van der Waals surface area contributed by atoms with Crippen LogP contribution in [-0.2, 0) is 15.1 Å². The number of nitrogens with zero attached hydrogens (tertiary/aromatic N) is 2. The third-order valence-electron chi connectivity index (χ3n) is 4.11. The summed E-state index contributed by atoms with van der Waals surface area (Å²) < 4.78 is 26.7. The Bertz CT molecular complexity index is 956. The lowest BCUT2D eigenvalue weighted by Gasteiger charge is -2.22. The van der Waals surface area contributed by atoms with Crippen LogP contribution in [0.15, 0.2) is 36.5 Å². The van der Waals surface area contributed by atoms with Gasteiger partial charge in [0.15, 0.2) is 16.8 Å². The topological polar surface area (TPSA) is 91.4 Å². The third kappa shape index (κ3) is 3.45. The second-order valence-electron chi connectivity index (χ2n) is 5.97. The van der Waals surface area contributed by atoms with Gasteiger partial charge in [0.2, 0.25) is 5.91 Å². The van der Waals surface area contributed by atoms with Gasteiger partial charge in [-0.15, -0.1) is 0 Å². The van der Waals surface area contributed by atoms with Crippen molar-refractivity contribution in [1.82, 2.24) is 15.2 Å². The highest BCUT2D eigenvalue weighted by Gasteiger charge is 2.49. The van der Waals surface area contributed by atoms with Crippen LogP contribution in [0.3, 0.4) is 0 Å². The summed E-state index contributed by atoms with van der Waals surface area (Å²) in [6, 6.07) is 5.09. The molecular formula is C17H13ClF2N4O3. The molecule has 7 nitrogen and oxygen atoms in total. The van der Waals surface area contributed by atoms with Crippen molar-refractivity contribution in [2.75, 3.05) is 11.9 Å². The van der Waals surface area contributed by atoms with E-state index >= 15 is 0 Å². The number of hydrogen-bond acceptors (Lipinski definition) is 4. The summed E-state index contributed by atoms with van der Waals surface area (Å²) in [5.41, 5.74) is -1.35. The Balaban J connectivity index is 1.78. The van der Waals surface area contributed by atoms with Gasteiger partial charge in [0.25, 0.3) is 5.91 Å². The van der Waals surface area contributed by atoms with Crippen molar-refractivity contribution in [1.29, 1.82) is 0 Å². The molecule has 1 aliphatic rings. The second kappa shape index (κ2) is 6.92. The van der Waals surface area contributed by atoms with Crippen LogP contribution in [0.1, 0.15) is 12.5 Å². The van der Waals surface area contributed by atoms with Crippen molar-refractivity contribution in [3.63, 3.8) is 0 Å². The summed E-state index contributed by atoms with van der Waals surface area (Å²) in [5, 5.41) is 4.90. The molecule has 1 fully saturated rings. The third-order valence-corrected chi connectivity index (χ3v) is 4.41. The van der Waals surface area contributed by atoms with Crippen molar-refractivity contribution in [2.45, 2.75) is 12.5 Å². The molecule has 1 aromatic carbocycles. The van der Waals surface area contributed by atoms with Crippen LogP contribution in [0.4, 0.5) is 19.3 Å². The SMILES string of the molecule is CC1(c2ccc(F)c(F)c2)NC(=O)N(CC(=O)Nc2cccnc2Cl)C1=O. The molecule has 1 aromatic heterocycles. The molecule has 0 saturated carbocycles. The minimum atomic E-state index is -1.63. The first-order valence-corrected chi connectivity index (χ1v) is 8.10. The number of nitrogens with one attached hydrogen (secondary N) is 2. The van der Waals surface area contributed by atoms with E-state index in [-0.39, 0.29) is 16.4 Å². The van der Waals surface area contributed by atoms with E-state index in [1.807, 2.05) is 0 Å². The summed E-state index contributed by atoms with van der Waals surface area (Å²) in [4.78, 5) is 41.5. The molecule has 27 heavy (non-hydrogen) atoms. The van der Waals surface area contributed by atoms with Crippen LogP contribution in [0.5, 0.6) is 0 Å². The number of halogens is 3. The number of carbonyl (C=O) groups excluding carboxylic acids is 3. The average molecular weight is 395 g/mol. The summed E-state index contributed by atoms with van der Waals surface area (Å²) in [7, 11) is 0. The van der Waals surface area contributed by atoms with Gasteiger partial charge in [-0.3, -0.25) is 14.5 Å². The van der Waals surface area contributed by atoms with Crippen LogP contribution >= 0.6 is 11.6 Å². The standard InChI is InChI=1S/C17H13ClF2N4O3/c1-17(9-4-5-10(19)11(20)7-9)15(26)24(16(27)23-17)8-13(25)22-12-3-2-6-21-14(12)18/h2-7H,8H2,1H3,(H,22,25)(H,23,27). The van der Waals surface area contributed by atoms with Gasteiger partial charge in [0.05, 0.1) is 5.69 Å². The zero-order chi connectivity index (χ0) is 19.8. The quantitative estimate of drug-likeness (QED) is 0.615. The van der Waals surface area contributed by atoms with Crippen molar-refractivity contribution < 1.29 is 23.2 Å². The molecule has 3 rings (SSSR count). The van der Waals surface area contributed by atoms with E-state index in [9.17, 15) is 23.2 Å². The Hall–Kier alpha value is -3.07. The number of pyridine rings is 1. The molecule has 4 amide bonds. The van der Waals surface area contributed by atoms with Gasteiger partial charge in [-0.1, -0.05) is 17.7 Å². The number of anilines is 1. The number of benzene rings is 1. The van der Waals surface area contributed by atoms with Gasteiger partial charge in [-0.2, -0.15) is 0 Å². The number of urea groups is 1. The van der Waals surface area contributed by atoms with Crippen LogP contribution in [0.2, 0.25) is 5.15 Å². The fraction of sp³-hybridized carbons (Fsp3) is 0.176. The maximum absolute atomic E-state index is 13.5. The fourth-order valence-electron chi connectivity index (χ4n) is 2.66. The average Bonchev–Trinajstić information content (AvgIpc) is 2.83. The second-order valence-corrected chi connectivity index (χ2v) is 6.32. The van der Waals surface area contributed by atoms with Crippen LogP contribution < -0.4 is 10.6 Å². The zero-order valence-electron chi connectivity index (χ0n) is 13.9. The first-order valence-electron chi connectivity index (χ1n) is 7.72. The maximum Gasteiger partial charge on any atom is 0.325 e. The Kier molecular flexibility index (Phi) is 4.79. The van der Waals surface area contributed by atoms with Gasteiger partial charge in [-0.25, -0.2) is 18.6 Å². The number of hydrogen-bond donors (Lipinski definition) is 2. The number of rotatable bonds is 4. The molecule has 2 N–H and O–H groups in total. The molecule has 1 unspecified atom stereocenters. The number of amides is 4. The minimum absolute atomic E-state index is 0.0506. The van der Waals surface area contributed by atoms with Crippen molar-refractivity contribution in [2.24, 2.45) is 0 Å². The monoisotopic (exact) mass is 394 g/mol. The smallest absolute Gasteiger partial charge is 0.322 e. The molecule has 0 spiro atoms. The van der Waals surface area contributed by atoms with Crippen molar-refractivity contribution >= 4 is 35.1 Å². The van der Waals surface area contributed by atoms with E-state index in [4.69, 9.17) is 11.6 Å². The van der Waals surface area contributed by atoms with Gasteiger partial charge in [-0.05, 0) is 36.8 Å². The molecule has 10 heteroatoms. The van der Waals surface area contributed by atoms with E-state index in [1.165, 1.54) is 25.3 Å². The molecule has 2 aromatic rings. The number of imide groups is 1. The Morgan fingerprint density at radius 3 is 2.70 bits per heavy atom. The molecule has 1 atom stereocenters. The molecule has 0 bridgehead atoms. The molecule has 2 heterocycles. The summed E-state index contributed by atoms with van der Waals surface area (Å²) in [6.45, 7) is 0.755. The summed E-state index contributed by atoms with van der Waals surface area (Å²) >= 11 is 5.84. The molecule has 0 aliphatic carbocycles. The largest absolute Gasteiger partial charge is 0.325 e. The van der Waals surface area contributed by atoms with E-state index < -0.39 is 41.6 Å². The van der Waals surface area contributed by atoms with Crippen LogP contribution in [0, 0.1) is 11.6 Å². The molecule has 0 radical (unpaired) electrons. The van der Waals surface area contributed by atoms with E-state index in [0.29, 0.717) is 4.90 Å². The van der Waals surface area contributed by atoms with E-state index in [1.54, 1.807) is 6.07 Å². The van der Waals surface area contributed by atoms with Gasteiger partial charge in [0, 0.05) is 6.20 Å². The van der Waals surface area contributed by atoms with Gasteiger partial charge >= 0.3 is 6.03 Å². The highest BCUT2D eigenvalue weighted by molar-refractivity contribution is 6.32. The fourth-order valence-corrected chi connectivity index (χ4v) is 2.82. The molecule has 140 valence electrons. The normalized spacial score (nSPS) is 19.2. The molecular weight excluding hydrogens is 382 g/mol. The lowest BCUT2D eigenvalue weighted by molar-refractivity contribution is -0.133. The number of aromatic nitrogens is 1. The number of carbonyl (C=O) groups is 3. The van der Waals surface area contributed by atoms with Crippen LogP contribution in [-0.4, -0.2) is 34.3 Å². The van der Waals surface area contributed by atoms with E-state index in [0.717, 1.165) is 12.1 Å². The highest BCUT2D eigenvalue weighted by Crippen LogP contribution is 2.29. The van der Waals surface area contributed by atoms with Gasteiger partial charge < -0.3 is 10.6 Å². The lowest BCUT2D eigenvalue weighted by Crippen LogP contribution is -2.42. The summed E-state index contributed by atoms with van der Waals surface area (Å²) in [5.74, 6) is -3.68. The molecule has 1 saturated heterocycles. The van der Waals surface area contributed by atoms with Gasteiger partial charge in [0.1, 0.15) is 12.1 Å². The minimum Gasteiger partial charge on any atom is -0.322 e. The van der Waals surface area contributed by atoms with Crippen molar-refractivity contribution in [3.05, 3.63) is 58.9 Å². The Morgan fingerprint density at radius 1 is 1.30 bits per heavy atom. The highest BCUT2D eigenvalue weighted by atomic mass is 35.5. The first-order chi connectivity index (χ1) is 12.7. The predicted molar refractivity (Wildman–Crippen MR) is 91.8 cm³/mol. The lowest BCUT2D eigenvalue weighted by atomic mass is 9.92. The molecule has 1 aliphatic heterocycles. The zero-order valence-corrected chi connectivity index (χ0v) is 14.7. The Morgan fingerprint density at radius 2 is 2.04 bits per heavy atom. The van der Waals surface area contributed by atoms with E-state index in [2.05, 4.69) is 15.6 Å². The first kappa shape index (κ1) is 18.7. The van der Waals surface area contributed by atoms with Crippen LogP contribution in [0.25, 0.3) is 0 Å². The maximum atomic E-state index is 13.5. The predicted octanol–water partition coefficient (Wildman–Crippen LogP) is 2.42. The Labute approximate surface area is 157 Å².